The largest absolute Gasteiger partial charge is 0.433 e. The van der Waals surface area contributed by atoms with Crippen LogP contribution in [0.2, 0.25) is 5.02 Å². The molecule has 0 aliphatic heterocycles. The Kier molecular flexibility index (Phi) is 6.46. The van der Waals surface area contributed by atoms with Gasteiger partial charge in [0.25, 0.3) is 5.91 Å². The first-order valence-electron chi connectivity index (χ1n) is 12.4. The number of carbonyl (C=O) groups is 1. The molecule has 6 rings (SSSR count). The summed E-state index contributed by atoms with van der Waals surface area (Å²) >= 11 is 9.93. The Bertz CT molecular complexity index is 1810. The molecule has 40 heavy (non-hydrogen) atoms. The minimum Gasteiger partial charge on any atom is -0.317 e. The van der Waals surface area contributed by atoms with Gasteiger partial charge in [-0.3, -0.25) is 9.48 Å². The average molecular weight is 630 g/mol. The SMILES string of the molecule is Cc1nn(Cc2ccc(Br)cc2)c(C)c1NC(=O)c1nn2c(C(F)(F)F)c3c(nc2c1Cl)-c1ccccc1CC3. The van der Waals surface area contributed by atoms with Gasteiger partial charge >= 0.3 is 6.18 Å². The Balaban J connectivity index is 1.40. The van der Waals surface area contributed by atoms with E-state index < -0.39 is 17.8 Å². The number of alkyl halides is 3. The number of aryl methyl sites for hydroxylation is 2. The van der Waals surface area contributed by atoms with Gasteiger partial charge in [-0.1, -0.05) is 63.9 Å². The van der Waals surface area contributed by atoms with Crippen molar-refractivity contribution >= 4 is 44.8 Å². The second-order valence-corrected chi connectivity index (χ2v) is 10.9. The van der Waals surface area contributed by atoms with Crippen LogP contribution in [0, 0.1) is 13.8 Å². The number of rotatable bonds is 4. The first kappa shape index (κ1) is 26.5. The molecule has 204 valence electrons. The third-order valence-corrected chi connectivity index (χ3v) is 7.95. The Morgan fingerprint density at radius 2 is 1.80 bits per heavy atom. The van der Waals surface area contributed by atoms with Crippen LogP contribution in [0.3, 0.4) is 0 Å². The molecule has 0 radical (unpaired) electrons. The van der Waals surface area contributed by atoms with Crippen LogP contribution in [0.15, 0.2) is 53.0 Å². The van der Waals surface area contributed by atoms with Crippen LogP contribution >= 0.6 is 27.5 Å². The first-order valence-corrected chi connectivity index (χ1v) is 13.6. The van der Waals surface area contributed by atoms with Crippen LogP contribution < -0.4 is 5.32 Å². The lowest BCUT2D eigenvalue weighted by molar-refractivity contribution is -0.143. The number of anilines is 1. The average Bonchev–Trinajstić information content (AvgIpc) is 3.38. The Labute approximate surface area is 240 Å². The highest BCUT2D eigenvalue weighted by molar-refractivity contribution is 9.10. The highest BCUT2D eigenvalue weighted by atomic mass is 79.9. The molecule has 1 N–H and O–H groups in total. The summed E-state index contributed by atoms with van der Waals surface area (Å²) in [5, 5.41) is 11.1. The molecule has 1 aliphatic rings. The molecule has 0 saturated carbocycles. The van der Waals surface area contributed by atoms with E-state index in [-0.39, 0.29) is 34.0 Å². The molecular weight excluding hydrogens is 609 g/mol. The molecule has 5 aromatic rings. The molecule has 2 aromatic carbocycles. The van der Waals surface area contributed by atoms with E-state index in [0.29, 0.717) is 40.1 Å². The number of nitrogens with one attached hydrogen (secondary N) is 1. The normalized spacial score (nSPS) is 12.9. The number of fused-ring (bicyclic) bond motifs is 4. The van der Waals surface area contributed by atoms with Crippen molar-refractivity contribution in [2.75, 3.05) is 5.32 Å². The number of aromatic nitrogens is 5. The highest BCUT2D eigenvalue weighted by Gasteiger charge is 2.41. The van der Waals surface area contributed by atoms with Crippen LogP contribution in [0.1, 0.15) is 44.3 Å². The number of amides is 1. The zero-order valence-corrected chi connectivity index (χ0v) is 23.6. The predicted molar refractivity (Wildman–Crippen MR) is 149 cm³/mol. The summed E-state index contributed by atoms with van der Waals surface area (Å²) in [5.41, 5.74) is 2.87. The Morgan fingerprint density at radius 3 is 2.52 bits per heavy atom. The lowest BCUT2D eigenvalue weighted by Crippen LogP contribution is -2.21. The fourth-order valence-electron chi connectivity index (χ4n) is 5.15. The van der Waals surface area contributed by atoms with Gasteiger partial charge in [-0.2, -0.15) is 23.4 Å². The number of nitrogens with zero attached hydrogens (tertiary/aromatic N) is 5. The molecule has 0 bridgehead atoms. The van der Waals surface area contributed by atoms with Crippen molar-refractivity contribution in [3.8, 4) is 11.3 Å². The molecule has 3 heterocycles. The van der Waals surface area contributed by atoms with Crippen LogP contribution in [0.5, 0.6) is 0 Å². The molecule has 7 nitrogen and oxygen atoms in total. The summed E-state index contributed by atoms with van der Waals surface area (Å²) in [7, 11) is 0. The van der Waals surface area contributed by atoms with Gasteiger partial charge in [0.05, 0.1) is 29.3 Å². The van der Waals surface area contributed by atoms with Gasteiger partial charge in [0.1, 0.15) is 5.02 Å². The van der Waals surface area contributed by atoms with E-state index in [4.69, 9.17) is 11.6 Å². The molecule has 1 aliphatic carbocycles. The lowest BCUT2D eigenvalue weighted by Gasteiger charge is -2.23. The van der Waals surface area contributed by atoms with Crippen LogP contribution in [-0.4, -0.2) is 30.3 Å². The summed E-state index contributed by atoms with van der Waals surface area (Å²) < 4.78 is 46.7. The summed E-state index contributed by atoms with van der Waals surface area (Å²) in [5.74, 6) is -0.753. The zero-order valence-electron chi connectivity index (χ0n) is 21.3. The quantitative estimate of drug-likeness (QED) is 0.231. The first-order chi connectivity index (χ1) is 19.0. The maximum atomic E-state index is 14.4. The summed E-state index contributed by atoms with van der Waals surface area (Å²) in [6, 6.07) is 15.0. The number of benzene rings is 2. The second-order valence-electron chi connectivity index (χ2n) is 9.62. The Morgan fingerprint density at radius 1 is 1.07 bits per heavy atom. The third-order valence-electron chi connectivity index (χ3n) is 7.07. The van der Waals surface area contributed by atoms with Crippen molar-refractivity contribution in [3.05, 3.63) is 97.5 Å². The smallest absolute Gasteiger partial charge is 0.317 e. The van der Waals surface area contributed by atoms with Crippen molar-refractivity contribution in [1.82, 2.24) is 24.4 Å². The lowest BCUT2D eigenvalue weighted by atomic mass is 9.88. The van der Waals surface area contributed by atoms with Gasteiger partial charge in [-0.25, -0.2) is 9.50 Å². The van der Waals surface area contributed by atoms with Crippen molar-refractivity contribution in [2.45, 2.75) is 39.4 Å². The summed E-state index contributed by atoms with van der Waals surface area (Å²) in [6.07, 6.45) is -4.17. The predicted octanol–water partition coefficient (Wildman–Crippen LogP) is 7.04. The van der Waals surface area contributed by atoms with Crippen molar-refractivity contribution < 1.29 is 18.0 Å². The molecule has 0 saturated heterocycles. The Hall–Kier alpha value is -3.70. The monoisotopic (exact) mass is 628 g/mol. The highest BCUT2D eigenvalue weighted by Crippen LogP contribution is 2.42. The van der Waals surface area contributed by atoms with E-state index in [0.717, 1.165) is 15.6 Å². The number of carbonyl (C=O) groups excluding carboxylic acids is 1. The fraction of sp³-hybridized carbons (Fsp3) is 0.214. The van der Waals surface area contributed by atoms with E-state index in [1.54, 1.807) is 30.7 Å². The standard InChI is InChI=1S/C28H21BrClF3N6O/c1-14-22(15(2)38(36-14)13-16-7-10-18(29)11-8-16)35-27(40)24-21(30)26-34-23-19-6-4-3-5-17(19)9-12-20(23)25(28(31,32)33)39(26)37-24/h3-8,10-11H,9,12-13H2,1-2H3,(H,35,40). The molecule has 0 unspecified atom stereocenters. The fourth-order valence-corrected chi connectivity index (χ4v) is 5.66. The van der Waals surface area contributed by atoms with Crippen molar-refractivity contribution in [1.29, 1.82) is 0 Å². The van der Waals surface area contributed by atoms with E-state index >= 15 is 0 Å². The van der Waals surface area contributed by atoms with Gasteiger partial charge in [-0.05, 0) is 49.9 Å². The van der Waals surface area contributed by atoms with Crippen LogP contribution in [0.4, 0.5) is 18.9 Å². The minimum atomic E-state index is -4.75. The van der Waals surface area contributed by atoms with Gasteiger partial charge in [0, 0.05) is 15.6 Å². The van der Waals surface area contributed by atoms with Gasteiger partial charge < -0.3 is 5.32 Å². The van der Waals surface area contributed by atoms with Gasteiger partial charge in [-0.15, -0.1) is 0 Å². The van der Waals surface area contributed by atoms with E-state index in [2.05, 4.69) is 36.4 Å². The van der Waals surface area contributed by atoms with Gasteiger partial charge in [0.15, 0.2) is 17.0 Å². The van der Waals surface area contributed by atoms with Crippen LogP contribution in [0.25, 0.3) is 16.9 Å². The molecule has 12 heteroatoms. The number of hydrogen-bond acceptors (Lipinski definition) is 4. The van der Waals surface area contributed by atoms with Crippen molar-refractivity contribution in [3.63, 3.8) is 0 Å². The minimum absolute atomic E-state index is 0.0331. The number of halogens is 5. The van der Waals surface area contributed by atoms with E-state index in [9.17, 15) is 18.0 Å². The molecule has 0 atom stereocenters. The number of hydrogen-bond donors (Lipinski definition) is 1. The molecule has 1 amide bonds. The van der Waals surface area contributed by atoms with E-state index in [1.807, 2.05) is 36.4 Å². The zero-order chi connectivity index (χ0) is 28.3. The van der Waals surface area contributed by atoms with Crippen LogP contribution in [-0.2, 0) is 25.6 Å². The molecule has 0 fully saturated rings. The molecular formula is C28H21BrClF3N6O. The molecule has 3 aromatic heterocycles. The maximum Gasteiger partial charge on any atom is 0.433 e. The van der Waals surface area contributed by atoms with E-state index in [1.165, 1.54) is 0 Å². The van der Waals surface area contributed by atoms with Crippen molar-refractivity contribution in [2.24, 2.45) is 0 Å². The summed E-state index contributed by atoms with van der Waals surface area (Å²) in [4.78, 5) is 17.9. The topological polar surface area (TPSA) is 77.1 Å². The second kappa shape index (κ2) is 9.74. The molecule has 0 spiro atoms. The summed E-state index contributed by atoms with van der Waals surface area (Å²) in [6.45, 7) is 4.01. The van der Waals surface area contributed by atoms with Gasteiger partial charge in [0.2, 0.25) is 0 Å². The maximum absolute atomic E-state index is 14.4. The third kappa shape index (κ3) is 4.46.